The van der Waals surface area contributed by atoms with Crippen molar-refractivity contribution in [2.24, 2.45) is 11.8 Å². The molecule has 2 fully saturated rings. The van der Waals surface area contributed by atoms with E-state index in [1.807, 2.05) is 4.90 Å². The summed E-state index contributed by atoms with van der Waals surface area (Å²) in [5.74, 6) is -1.41. The second kappa shape index (κ2) is 5.07. The van der Waals surface area contributed by atoms with Crippen LogP contribution in [0.25, 0.3) is 0 Å². The van der Waals surface area contributed by atoms with Gasteiger partial charge in [-0.2, -0.15) is 0 Å². The molecule has 4 nitrogen and oxygen atoms in total. The number of hydrogen-bond acceptors (Lipinski definition) is 2. The Morgan fingerprint density at radius 1 is 1.18 bits per heavy atom. The van der Waals surface area contributed by atoms with Gasteiger partial charge in [-0.3, -0.25) is 9.59 Å². The molecule has 0 radical (unpaired) electrons. The fourth-order valence-electron chi connectivity index (χ4n) is 2.86. The van der Waals surface area contributed by atoms with Gasteiger partial charge in [-0.25, -0.2) is 0 Å². The van der Waals surface area contributed by atoms with Crippen LogP contribution in [-0.2, 0) is 9.59 Å². The number of carbonyl (C=O) groups excluding carboxylic acids is 1. The van der Waals surface area contributed by atoms with Crippen LogP contribution in [0.3, 0.4) is 0 Å². The van der Waals surface area contributed by atoms with Crippen LogP contribution in [0, 0.1) is 11.8 Å². The first-order chi connectivity index (χ1) is 8.15. The highest BCUT2D eigenvalue weighted by molar-refractivity contribution is 5.85. The molecule has 96 valence electrons. The molecule has 0 aromatic rings. The van der Waals surface area contributed by atoms with E-state index < -0.39 is 11.9 Å². The van der Waals surface area contributed by atoms with E-state index in [1.54, 1.807) is 0 Å². The summed E-state index contributed by atoms with van der Waals surface area (Å²) in [6.07, 6.45) is 5.43. The smallest absolute Gasteiger partial charge is 0.307 e. The molecule has 0 aromatic carbocycles. The predicted octanol–water partition coefficient (Wildman–Crippen LogP) is 1.89. The van der Waals surface area contributed by atoms with Gasteiger partial charge in [-0.1, -0.05) is 13.3 Å². The molecule has 2 saturated carbocycles. The predicted molar refractivity (Wildman–Crippen MR) is 63.5 cm³/mol. The highest BCUT2D eigenvalue weighted by Gasteiger charge is 2.42. The summed E-state index contributed by atoms with van der Waals surface area (Å²) in [7, 11) is 0. The molecule has 0 aliphatic heterocycles. The quantitative estimate of drug-likeness (QED) is 0.797. The van der Waals surface area contributed by atoms with Gasteiger partial charge in [0.25, 0.3) is 0 Å². The topological polar surface area (TPSA) is 57.6 Å². The minimum absolute atomic E-state index is 0.0965. The van der Waals surface area contributed by atoms with Gasteiger partial charge in [-0.15, -0.1) is 0 Å². The summed E-state index contributed by atoms with van der Waals surface area (Å²) in [6, 6.07) is 0.400. The Balaban J connectivity index is 2.03. The van der Waals surface area contributed by atoms with Crippen LogP contribution in [0.1, 0.15) is 45.4 Å². The number of nitrogens with zero attached hydrogens (tertiary/aromatic N) is 1. The van der Waals surface area contributed by atoms with Gasteiger partial charge in [-0.05, 0) is 32.1 Å². The van der Waals surface area contributed by atoms with Crippen molar-refractivity contribution in [1.82, 2.24) is 4.90 Å². The van der Waals surface area contributed by atoms with E-state index in [4.69, 9.17) is 5.11 Å². The van der Waals surface area contributed by atoms with E-state index in [9.17, 15) is 9.59 Å². The van der Waals surface area contributed by atoms with E-state index in [0.29, 0.717) is 12.5 Å². The zero-order chi connectivity index (χ0) is 12.4. The number of carboxylic acids is 1. The lowest BCUT2D eigenvalue weighted by atomic mass is 9.94. The van der Waals surface area contributed by atoms with Crippen LogP contribution >= 0.6 is 0 Å². The Kier molecular flexibility index (Phi) is 3.69. The minimum atomic E-state index is -0.798. The average Bonchev–Trinajstić information content (AvgIpc) is 3.00. The van der Waals surface area contributed by atoms with Gasteiger partial charge in [0.05, 0.1) is 11.8 Å². The third-order valence-electron chi connectivity index (χ3n) is 3.89. The Morgan fingerprint density at radius 2 is 1.82 bits per heavy atom. The summed E-state index contributed by atoms with van der Waals surface area (Å²) in [5.41, 5.74) is 0. The summed E-state index contributed by atoms with van der Waals surface area (Å²) < 4.78 is 0. The van der Waals surface area contributed by atoms with Crippen LogP contribution in [0.2, 0.25) is 0 Å². The van der Waals surface area contributed by atoms with Crippen LogP contribution in [-0.4, -0.2) is 34.5 Å². The molecule has 2 rings (SSSR count). The Bertz CT molecular complexity index is 312. The highest BCUT2D eigenvalue weighted by atomic mass is 16.4. The maximum Gasteiger partial charge on any atom is 0.307 e. The monoisotopic (exact) mass is 239 g/mol. The van der Waals surface area contributed by atoms with Crippen LogP contribution < -0.4 is 0 Å². The van der Waals surface area contributed by atoms with E-state index in [0.717, 1.165) is 38.6 Å². The van der Waals surface area contributed by atoms with Crippen molar-refractivity contribution in [3.8, 4) is 0 Å². The second-order valence-corrected chi connectivity index (χ2v) is 5.24. The van der Waals surface area contributed by atoms with Crippen molar-refractivity contribution in [1.29, 1.82) is 0 Å². The molecule has 0 aromatic heterocycles. The third kappa shape index (κ3) is 2.61. The van der Waals surface area contributed by atoms with Crippen molar-refractivity contribution in [3.05, 3.63) is 0 Å². The zero-order valence-corrected chi connectivity index (χ0v) is 10.4. The standard InChI is InChI=1S/C13H21NO3/c1-2-8-14(9-6-7-9)12(15)10-4-3-5-11(10)13(16)17/h9-11H,2-8H2,1H3,(H,16,17)/t10-,11+/m1/s1. The molecular weight excluding hydrogens is 218 g/mol. The van der Waals surface area contributed by atoms with Crippen molar-refractivity contribution in [2.75, 3.05) is 6.54 Å². The van der Waals surface area contributed by atoms with Crippen molar-refractivity contribution < 1.29 is 14.7 Å². The first kappa shape index (κ1) is 12.4. The van der Waals surface area contributed by atoms with Crippen molar-refractivity contribution in [3.63, 3.8) is 0 Å². The fourth-order valence-corrected chi connectivity index (χ4v) is 2.86. The number of aliphatic carboxylic acids is 1. The van der Waals surface area contributed by atoms with Gasteiger partial charge in [0, 0.05) is 12.6 Å². The molecule has 2 aliphatic carbocycles. The number of amides is 1. The first-order valence-electron chi connectivity index (χ1n) is 6.68. The van der Waals surface area contributed by atoms with Gasteiger partial charge >= 0.3 is 5.97 Å². The molecule has 2 atom stereocenters. The van der Waals surface area contributed by atoms with Crippen LogP contribution in [0.5, 0.6) is 0 Å². The average molecular weight is 239 g/mol. The van der Waals surface area contributed by atoms with Gasteiger partial charge < -0.3 is 10.0 Å². The van der Waals surface area contributed by atoms with Crippen molar-refractivity contribution >= 4 is 11.9 Å². The molecule has 4 heteroatoms. The molecule has 2 aliphatic rings. The molecule has 0 bridgehead atoms. The molecule has 1 N–H and O–H groups in total. The summed E-state index contributed by atoms with van der Waals surface area (Å²) in [6.45, 7) is 2.85. The Morgan fingerprint density at radius 3 is 2.35 bits per heavy atom. The van der Waals surface area contributed by atoms with E-state index in [2.05, 4.69) is 6.92 Å². The maximum absolute atomic E-state index is 12.4. The van der Waals surface area contributed by atoms with E-state index >= 15 is 0 Å². The van der Waals surface area contributed by atoms with Crippen LogP contribution in [0.15, 0.2) is 0 Å². The lowest BCUT2D eigenvalue weighted by molar-refractivity contribution is -0.149. The van der Waals surface area contributed by atoms with Crippen LogP contribution in [0.4, 0.5) is 0 Å². The maximum atomic E-state index is 12.4. The highest BCUT2D eigenvalue weighted by Crippen LogP contribution is 2.36. The molecule has 17 heavy (non-hydrogen) atoms. The number of carbonyl (C=O) groups is 2. The van der Waals surface area contributed by atoms with E-state index in [1.165, 1.54) is 0 Å². The second-order valence-electron chi connectivity index (χ2n) is 5.24. The minimum Gasteiger partial charge on any atom is -0.481 e. The molecule has 0 spiro atoms. The summed E-state index contributed by atoms with van der Waals surface area (Å²) in [4.78, 5) is 25.4. The summed E-state index contributed by atoms with van der Waals surface area (Å²) in [5, 5.41) is 9.13. The lowest BCUT2D eigenvalue weighted by Gasteiger charge is -2.26. The fraction of sp³-hybridized carbons (Fsp3) is 0.846. The SMILES string of the molecule is CCCN(C(=O)[C@@H]1CCC[C@@H]1C(=O)O)C1CC1. The van der Waals surface area contributed by atoms with E-state index in [-0.39, 0.29) is 11.8 Å². The Hall–Kier alpha value is -1.06. The van der Waals surface area contributed by atoms with Gasteiger partial charge in [0.15, 0.2) is 0 Å². The Labute approximate surface area is 102 Å². The molecule has 1 amide bonds. The molecular formula is C13H21NO3. The molecule has 0 saturated heterocycles. The zero-order valence-electron chi connectivity index (χ0n) is 10.4. The molecule has 0 unspecified atom stereocenters. The van der Waals surface area contributed by atoms with Crippen molar-refractivity contribution in [2.45, 2.75) is 51.5 Å². The number of hydrogen-bond donors (Lipinski definition) is 1. The normalized spacial score (nSPS) is 28.1. The summed E-state index contributed by atoms with van der Waals surface area (Å²) >= 11 is 0. The largest absolute Gasteiger partial charge is 0.481 e. The number of rotatable bonds is 5. The lowest BCUT2D eigenvalue weighted by Crippen LogP contribution is -2.41. The van der Waals surface area contributed by atoms with Gasteiger partial charge in [0.1, 0.15) is 0 Å². The number of carboxylic acid groups (broad SMARTS) is 1. The van der Waals surface area contributed by atoms with Gasteiger partial charge in [0.2, 0.25) is 5.91 Å². The molecule has 0 heterocycles. The first-order valence-corrected chi connectivity index (χ1v) is 6.68. The third-order valence-corrected chi connectivity index (χ3v) is 3.89.